The number of hydrogen-bond acceptors (Lipinski definition) is 5. The smallest absolute Gasteiger partial charge is 0.275 e. The van der Waals surface area contributed by atoms with E-state index in [0.717, 1.165) is 22.8 Å². The standard InChI is InChI=1S/C16H18N4OS/c1-4-14-19-20-15(21)8-13(18-16(20)22-14)9-17-12-6-10(2)5-11(3)7-12/h5-8,17H,4,9H2,1-3H3. The van der Waals surface area contributed by atoms with Gasteiger partial charge in [0.05, 0.1) is 12.2 Å². The summed E-state index contributed by atoms with van der Waals surface area (Å²) in [7, 11) is 0. The molecule has 2 aromatic heterocycles. The molecule has 0 saturated heterocycles. The first-order valence-electron chi connectivity index (χ1n) is 7.26. The van der Waals surface area contributed by atoms with E-state index in [1.54, 1.807) is 6.07 Å². The van der Waals surface area contributed by atoms with Crippen LogP contribution in [0.1, 0.15) is 28.8 Å². The second-order valence-electron chi connectivity index (χ2n) is 5.36. The predicted octanol–water partition coefficient (Wildman–Crippen LogP) is 2.94. The van der Waals surface area contributed by atoms with E-state index in [2.05, 4.69) is 47.4 Å². The molecule has 22 heavy (non-hydrogen) atoms. The van der Waals surface area contributed by atoms with Crippen molar-refractivity contribution in [1.82, 2.24) is 14.6 Å². The third-order valence-electron chi connectivity index (χ3n) is 3.34. The normalized spacial score (nSPS) is 11.0. The molecule has 1 N–H and O–H groups in total. The third kappa shape index (κ3) is 3.01. The largest absolute Gasteiger partial charge is 0.379 e. The number of nitrogens with one attached hydrogen (secondary N) is 1. The molecule has 2 heterocycles. The lowest BCUT2D eigenvalue weighted by molar-refractivity contribution is 0.846. The average molecular weight is 314 g/mol. The number of nitrogens with zero attached hydrogens (tertiary/aromatic N) is 3. The second kappa shape index (κ2) is 5.88. The van der Waals surface area contributed by atoms with Crippen LogP contribution in [0.25, 0.3) is 4.96 Å². The van der Waals surface area contributed by atoms with Gasteiger partial charge in [0.2, 0.25) is 4.96 Å². The molecule has 0 radical (unpaired) electrons. The quantitative estimate of drug-likeness (QED) is 0.804. The molecule has 3 aromatic rings. The highest BCUT2D eigenvalue weighted by atomic mass is 32.1. The molecule has 0 bridgehead atoms. The van der Waals surface area contributed by atoms with Gasteiger partial charge in [0.1, 0.15) is 5.01 Å². The van der Waals surface area contributed by atoms with E-state index in [1.165, 1.54) is 27.0 Å². The fourth-order valence-corrected chi connectivity index (χ4v) is 3.26. The minimum absolute atomic E-state index is 0.127. The summed E-state index contributed by atoms with van der Waals surface area (Å²) in [5, 5.41) is 8.50. The van der Waals surface area contributed by atoms with Crippen molar-refractivity contribution in [1.29, 1.82) is 0 Å². The van der Waals surface area contributed by atoms with Crippen LogP contribution in [0.4, 0.5) is 5.69 Å². The fraction of sp³-hybridized carbons (Fsp3) is 0.312. The summed E-state index contributed by atoms with van der Waals surface area (Å²) in [6.45, 7) is 6.68. The lowest BCUT2D eigenvalue weighted by Gasteiger charge is -2.08. The topological polar surface area (TPSA) is 59.3 Å². The van der Waals surface area contributed by atoms with Gasteiger partial charge < -0.3 is 5.32 Å². The summed E-state index contributed by atoms with van der Waals surface area (Å²) in [6.07, 6.45) is 0.809. The van der Waals surface area contributed by atoms with Crippen molar-refractivity contribution < 1.29 is 0 Å². The van der Waals surface area contributed by atoms with Crippen LogP contribution in [0.2, 0.25) is 0 Å². The van der Waals surface area contributed by atoms with Crippen molar-refractivity contribution in [3.8, 4) is 0 Å². The molecule has 0 spiro atoms. The van der Waals surface area contributed by atoms with Gasteiger partial charge in [-0.1, -0.05) is 24.3 Å². The average Bonchev–Trinajstić information content (AvgIpc) is 2.88. The van der Waals surface area contributed by atoms with Gasteiger partial charge in [0.25, 0.3) is 5.56 Å². The first-order chi connectivity index (χ1) is 10.5. The van der Waals surface area contributed by atoms with Crippen LogP contribution in [0.15, 0.2) is 29.1 Å². The lowest BCUT2D eigenvalue weighted by Crippen LogP contribution is -2.16. The minimum Gasteiger partial charge on any atom is -0.379 e. The Labute approximate surface area is 132 Å². The highest BCUT2D eigenvalue weighted by molar-refractivity contribution is 7.16. The minimum atomic E-state index is -0.127. The molecule has 0 fully saturated rings. The summed E-state index contributed by atoms with van der Waals surface area (Å²) in [4.78, 5) is 17.3. The molecule has 0 amide bonds. The van der Waals surface area contributed by atoms with E-state index in [1.807, 2.05) is 6.92 Å². The predicted molar refractivity (Wildman–Crippen MR) is 89.8 cm³/mol. The van der Waals surface area contributed by atoms with Crippen molar-refractivity contribution in [2.45, 2.75) is 33.7 Å². The zero-order valence-corrected chi connectivity index (χ0v) is 13.7. The number of fused-ring (bicyclic) bond motifs is 1. The van der Waals surface area contributed by atoms with Gasteiger partial charge in [-0.15, -0.1) is 0 Å². The Morgan fingerprint density at radius 3 is 2.59 bits per heavy atom. The molecule has 0 saturated carbocycles. The SMILES string of the molecule is CCc1nn2c(=O)cc(CNc3cc(C)cc(C)c3)nc2s1. The maximum Gasteiger partial charge on any atom is 0.275 e. The van der Waals surface area contributed by atoms with Crippen molar-refractivity contribution in [2.75, 3.05) is 5.32 Å². The van der Waals surface area contributed by atoms with Crippen LogP contribution in [0, 0.1) is 13.8 Å². The molecule has 0 aliphatic heterocycles. The maximum absolute atomic E-state index is 12.1. The lowest BCUT2D eigenvalue weighted by atomic mass is 10.1. The van der Waals surface area contributed by atoms with Gasteiger partial charge in [0, 0.05) is 11.8 Å². The molecule has 0 aliphatic rings. The number of benzene rings is 1. The number of aromatic nitrogens is 3. The van der Waals surface area contributed by atoms with E-state index in [9.17, 15) is 4.79 Å². The Morgan fingerprint density at radius 2 is 1.91 bits per heavy atom. The first-order valence-corrected chi connectivity index (χ1v) is 8.07. The first kappa shape index (κ1) is 14.7. The summed E-state index contributed by atoms with van der Waals surface area (Å²) in [5.74, 6) is 0. The van der Waals surface area contributed by atoms with Crippen LogP contribution < -0.4 is 10.9 Å². The Morgan fingerprint density at radius 1 is 1.18 bits per heavy atom. The van der Waals surface area contributed by atoms with Crippen LogP contribution >= 0.6 is 11.3 Å². The second-order valence-corrected chi connectivity index (χ2v) is 6.40. The van der Waals surface area contributed by atoms with Gasteiger partial charge >= 0.3 is 0 Å². The van der Waals surface area contributed by atoms with E-state index in [-0.39, 0.29) is 5.56 Å². The van der Waals surface area contributed by atoms with Gasteiger partial charge in [-0.25, -0.2) is 4.98 Å². The highest BCUT2D eigenvalue weighted by Gasteiger charge is 2.08. The Hall–Kier alpha value is -2.21. The highest BCUT2D eigenvalue weighted by Crippen LogP contribution is 2.15. The van der Waals surface area contributed by atoms with E-state index >= 15 is 0 Å². The summed E-state index contributed by atoms with van der Waals surface area (Å²) in [6, 6.07) is 7.84. The van der Waals surface area contributed by atoms with E-state index in [0.29, 0.717) is 11.5 Å². The molecule has 6 heteroatoms. The number of rotatable bonds is 4. The van der Waals surface area contributed by atoms with Crippen molar-refractivity contribution >= 4 is 22.0 Å². The molecular formula is C16H18N4OS. The molecule has 3 rings (SSSR count). The summed E-state index contributed by atoms with van der Waals surface area (Å²) >= 11 is 1.47. The van der Waals surface area contributed by atoms with Crippen molar-refractivity contribution in [3.05, 3.63) is 56.4 Å². The van der Waals surface area contributed by atoms with Crippen LogP contribution in [-0.4, -0.2) is 14.6 Å². The fourth-order valence-electron chi connectivity index (χ4n) is 2.40. The van der Waals surface area contributed by atoms with E-state index < -0.39 is 0 Å². The Balaban J connectivity index is 1.86. The van der Waals surface area contributed by atoms with Gasteiger partial charge in [-0.05, 0) is 43.5 Å². The number of hydrogen-bond donors (Lipinski definition) is 1. The third-order valence-corrected chi connectivity index (χ3v) is 4.39. The Kier molecular flexibility index (Phi) is 3.94. The maximum atomic E-state index is 12.1. The molecule has 0 atom stereocenters. The summed E-state index contributed by atoms with van der Waals surface area (Å²) < 4.78 is 1.38. The molecule has 0 aliphatic carbocycles. The Bertz CT molecular complexity index is 861. The summed E-state index contributed by atoms with van der Waals surface area (Å²) in [5.41, 5.74) is 4.06. The molecule has 114 valence electrons. The number of anilines is 1. The van der Waals surface area contributed by atoms with Crippen molar-refractivity contribution in [3.63, 3.8) is 0 Å². The van der Waals surface area contributed by atoms with Crippen LogP contribution in [-0.2, 0) is 13.0 Å². The molecular weight excluding hydrogens is 296 g/mol. The van der Waals surface area contributed by atoms with Crippen molar-refractivity contribution in [2.24, 2.45) is 0 Å². The van der Waals surface area contributed by atoms with Crippen LogP contribution in [0.5, 0.6) is 0 Å². The van der Waals surface area contributed by atoms with Gasteiger partial charge in [-0.3, -0.25) is 4.79 Å². The molecule has 5 nitrogen and oxygen atoms in total. The number of aryl methyl sites for hydroxylation is 3. The molecule has 1 aromatic carbocycles. The van der Waals surface area contributed by atoms with Gasteiger partial charge in [0.15, 0.2) is 0 Å². The van der Waals surface area contributed by atoms with Crippen LogP contribution in [0.3, 0.4) is 0 Å². The zero-order valence-electron chi connectivity index (χ0n) is 12.9. The zero-order chi connectivity index (χ0) is 15.7. The van der Waals surface area contributed by atoms with E-state index in [4.69, 9.17) is 0 Å². The monoisotopic (exact) mass is 314 g/mol. The molecule has 0 unspecified atom stereocenters. The van der Waals surface area contributed by atoms with Gasteiger partial charge in [-0.2, -0.15) is 9.61 Å².